The average Bonchev–Trinajstić information content (AvgIpc) is 2.76. The second kappa shape index (κ2) is 3.40. The number of esters is 1. The molecule has 2 aliphatic heterocycles. The van der Waals surface area contributed by atoms with Crippen LogP contribution >= 0.6 is 0 Å². The molecule has 0 atom stereocenters. The summed E-state index contributed by atoms with van der Waals surface area (Å²) in [6, 6.07) is 1.79. The normalized spacial score (nSPS) is 17.2. The van der Waals surface area contributed by atoms with Crippen molar-refractivity contribution in [3.05, 3.63) is 17.2 Å². The third-order valence-electron chi connectivity index (χ3n) is 3.03. The molecule has 0 bridgehead atoms. The first-order valence-corrected chi connectivity index (χ1v) is 5.36. The summed E-state index contributed by atoms with van der Waals surface area (Å²) in [5.41, 5.74) is 2.10. The molecular formula is C12H12O4. The second-order valence-electron chi connectivity index (χ2n) is 3.94. The van der Waals surface area contributed by atoms with Gasteiger partial charge in [-0.2, -0.15) is 0 Å². The van der Waals surface area contributed by atoms with Crippen LogP contribution in [0.3, 0.4) is 0 Å². The Hall–Kier alpha value is -1.71. The Balaban J connectivity index is 2.18. The van der Waals surface area contributed by atoms with Gasteiger partial charge in [0, 0.05) is 23.6 Å². The molecule has 0 amide bonds. The quantitative estimate of drug-likeness (QED) is 0.531. The average molecular weight is 220 g/mol. The Labute approximate surface area is 93.1 Å². The summed E-state index contributed by atoms with van der Waals surface area (Å²) in [6.07, 6.45) is 1.98. The predicted molar refractivity (Wildman–Crippen MR) is 56.1 cm³/mol. The van der Waals surface area contributed by atoms with E-state index in [9.17, 15) is 4.79 Å². The maximum atomic E-state index is 11.2. The highest BCUT2D eigenvalue weighted by atomic mass is 16.5. The SMILES string of the molecule is COc1cc2c(c3c1CCO3)CCC(=O)O2. The minimum Gasteiger partial charge on any atom is -0.496 e. The molecule has 3 rings (SSSR count). The Morgan fingerprint density at radius 3 is 2.94 bits per heavy atom. The van der Waals surface area contributed by atoms with Crippen molar-refractivity contribution in [1.29, 1.82) is 0 Å². The van der Waals surface area contributed by atoms with Crippen molar-refractivity contribution in [2.45, 2.75) is 19.3 Å². The van der Waals surface area contributed by atoms with Crippen LogP contribution in [0.5, 0.6) is 17.2 Å². The van der Waals surface area contributed by atoms with E-state index in [2.05, 4.69) is 0 Å². The highest BCUT2D eigenvalue weighted by Gasteiger charge is 2.28. The molecule has 2 aliphatic rings. The minimum atomic E-state index is -0.187. The summed E-state index contributed by atoms with van der Waals surface area (Å²) in [5.74, 6) is 2.02. The number of hydrogen-bond acceptors (Lipinski definition) is 4. The first-order valence-electron chi connectivity index (χ1n) is 5.36. The summed E-state index contributed by atoms with van der Waals surface area (Å²) in [7, 11) is 1.62. The van der Waals surface area contributed by atoms with Crippen LogP contribution in [0.25, 0.3) is 0 Å². The summed E-state index contributed by atoms with van der Waals surface area (Å²) in [6.45, 7) is 0.677. The maximum absolute atomic E-state index is 11.2. The van der Waals surface area contributed by atoms with E-state index in [1.54, 1.807) is 13.2 Å². The molecular weight excluding hydrogens is 208 g/mol. The molecule has 0 spiro atoms. The van der Waals surface area contributed by atoms with Gasteiger partial charge in [-0.3, -0.25) is 4.79 Å². The van der Waals surface area contributed by atoms with Crippen LogP contribution in [0.4, 0.5) is 0 Å². The summed E-state index contributed by atoms with van der Waals surface area (Å²) >= 11 is 0. The maximum Gasteiger partial charge on any atom is 0.311 e. The van der Waals surface area contributed by atoms with Gasteiger partial charge < -0.3 is 14.2 Å². The molecule has 0 unspecified atom stereocenters. The number of rotatable bonds is 1. The van der Waals surface area contributed by atoms with E-state index in [0.29, 0.717) is 25.2 Å². The van der Waals surface area contributed by atoms with Crippen molar-refractivity contribution in [3.8, 4) is 17.2 Å². The molecule has 2 heterocycles. The van der Waals surface area contributed by atoms with Crippen LogP contribution in [-0.4, -0.2) is 19.7 Å². The lowest BCUT2D eigenvalue weighted by Crippen LogP contribution is -2.16. The molecule has 0 radical (unpaired) electrons. The van der Waals surface area contributed by atoms with E-state index in [4.69, 9.17) is 14.2 Å². The lowest BCUT2D eigenvalue weighted by Gasteiger charge is -2.19. The van der Waals surface area contributed by atoms with Crippen molar-refractivity contribution >= 4 is 5.97 Å². The van der Waals surface area contributed by atoms with Crippen molar-refractivity contribution in [2.24, 2.45) is 0 Å². The van der Waals surface area contributed by atoms with Gasteiger partial charge in [-0.05, 0) is 6.42 Å². The van der Waals surface area contributed by atoms with E-state index in [1.165, 1.54) is 0 Å². The fraction of sp³-hybridized carbons (Fsp3) is 0.417. The summed E-state index contributed by atoms with van der Waals surface area (Å²) in [4.78, 5) is 11.2. The van der Waals surface area contributed by atoms with Gasteiger partial charge in [0.05, 0.1) is 20.1 Å². The number of carbonyl (C=O) groups excluding carboxylic acids is 1. The first-order chi connectivity index (χ1) is 7.79. The monoisotopic (exact) mass is 220 g/mol. The number of methoxy groups -OCH3 is 1. The molecule has 0 saturated heterocycles. The molecule has 16 heavy (non-hydrogen) atoms. The van der Waals surface area contributed by atoms with Crippen LogP contribution in [0.1, 0.15) is 17.5 Å². The molecule has 4 nitrogen and oxygen atoms in total. The van der Waals surface area contributed by atoms with E-state index in [0.717, 1.165) is 29.0 Å². The Morgan fingerprint density at radius 1 is 1.25 bits per heavy atom. The van der Waals surface area contributed by atoms with Crippen LogP contribution < -0.4 is 14.2 Å². The summed E-state index contributed by atoms with van der Waals surface area (Å²) < 4.78 is 16.1. The van der Waals surface area contributed by atoms with E-state index in [-0.39, 0.29) is 5.97 Å². The zero-order chi connectivity index (χ0) is 11.1. The molecule has 0 N–H and O–H groups in total. The Bertz CT molecular complexity index is 465. The molecule has 4 heteroatoms. The highest BCUT2D eigenvalue weighted by molar-refractivity contribution is 5.77. The molecule has 0 aliphatic carbocycles. The van der Waals surface area contributed by atoms with Gasteiger partial charge in [-0.1, -0.05) is 0 Å². The lowest BCUT2D eigenvalue weighted by atomic mass is 10.00. The van der Waals surface area contributed by atoms with E-state index in [1.807, 2.05) is 0 Å². The van der Waals surface area contributed by atoms with E-state index < -0.39 is 0 Å². The number of ether oxygens (including phenoxy) is 3. The third-order valence-corrected chi connectivity index (χ3v) is 3.03. The zero-order valence-corrected chi connectivity index (χ0v) is 9.04. The van der Waals surface area contributed by atoms with Gasteiger partial charge in [0.25, 0.3) is 0 Å². The van der Waals surface area contributed by atoms with Gasteiger partial charge in [0.15, 0.2) is 0 Å². The largest absolute Gasteiger partial charge is 0.496 e. The fourth-order valence-corrected chi connectivity index (χ4v) is 2.28. The lowest BCUT2D eigenvalue weighted by molar-refractivity contribution is -0.135. The van der Waals surface area contributed by atoms with Crippen molar-refractivity contribution in [1.82, 2.24) is 0 Å². The Kier molecular flexibility index (Phi) is 2.02. The van der Waals surface area contributed by atoms with E-state index >= 15 is 0 Å². The number of carbonyl (C=O) groups is 1. The third kappa shape index (κ3) is 1.26. The fourth-order valence-electron chi connectivity index (χ4n) is 2.28. The van der Waals surface area contributed by atoms with Crippen molar-refractivity contribution in [3.63, 3.8) is 0 Å². The predicted octanol–water partition coefficient (Wildman–Crippen LogP) is 1.48. The first kappa shape index (κ1) is 9.51. The van der Waals surface area contributed by atoms with Gasteiger partial charge in [-0.15, -0.1) is 0 Å². The summed E-state index contributed by atoms with van der Waals surface area (Å²) in [5, 5.41) is 0. The molecule has 84 valence electrons. The van der Waals surface area contributed by atoms with Crippen LogP contribution in [-0.2, 0) is 17.6 Å². The van der Waals surface area contributed by atoms with Crippen molar-refractivity contribution in [2.75, 3.05) is 13.7 Å². The molecule has 1 aromatic rings. The van der Waals surface area contributed by atoms with Crippen LogP contribution in [0, 0.1) is 0 Å². The smallest absolute Gasteiger partial charge is 0.311 e. The van der Waals surface area contributed by atoms with Gasteiger partial charge in [-0.25, -0.2) is 0 Å². The zero-order valence-electron chi connectivity index (χ0n) is 9.04. The van der Waals surface area contributed by atoms with Gasteiger partial charge in [0.1, 0.15) is 17.2 Å². The van der Waals surface area contributed by atoms with Crippen molar-refractivity contribution < 1.29 is 19.0 Å². The topological polar surface area (TPSA) is 44.8 Å². The molecule has 0 saturated carbocycles. The van der Waals surface area contributed by atoms with Crippen LogP contribution in [0.15, 0.2) is 6.07 Å². The van der Waals surface area contributed by atoms with Crippen LogP contribution in [0.2, 0.25) is 0 Å². The Morgan fingerprint density at radius 2 is 2.12 bits per heavy atom. The molecule has 0 fully saturated rings. The van der Waals surface area contributed by atoms with Gasteiger partial charge >= 0.3 is 5.97 Å². The molecule has 0 aromatic heterocycles. The second-order valence-corrected chi connectivity index (χ2v) is 3.94. The number of benzene rings is 1. The highest BCUT2D eigenvalue weighted by Crippen LogP contribution is 2.44. The number of hydrogen-bond donors (Lipinski definition) is 0. The minimum absolute atomic E-state index is 0.187. The molecule has 1 aromatic carbocycles. The standard InChI is InChI=1S/C12H12O4/c1-14-9-6-10-7(2-3-11(13)16-10)12-8(9)4-5-15-12/h6H,2-5H2,1H3. The number of fused-ring (bicyclic) bond motifs is 3. The van der Waals surface area contributed by atoms with Gasteiger partial charge in [0.2, 0.25) is 0 Å².